The molecule has 8 nitrogen and oxygen atoms in total. The van der Waals surface area contributed by atoms with E-state index in [4.69, 9.17) is 0 Å². The molecule has 0 heterocycles. The molecule has 27 heavy (non-hydrogen) atoms. The Balaban J connectivity index is 2.15. The van der Waals surface area contributed by atoms with Gasteiger partial charge in [0, 0.05) is 5.39 Å². The number of rotatable bonds is 4. The molecule has 0 amide bonds. The van der Waals surface area contributed by atoms with Gasteiger partial charge in [0.1, 0.15) is 10.6 Å². The van der Waals surface area contributed by atoms with Crippen LogP contribution in [0.1, 0.15) is 5.56 Å². The molecular formula is C17H14N2O6S2. The van der Waals surface area contributed by atoms with Crippen molar-refractivity contribution in [2.24, 2.45) is 10.2 Å². The second kappa shape index (κ2) is 6.82. The maximum atomic E-state index is 11.4. The summed E-state index contributed by atoms with van der Waals surface area (Å²) in [5.74, 6) is 0. The van der Waals surface area contributed by atoms with Crippen molar-refractivity contribution < 1.29 is 25.9 Å². The van der Waals surface area contributed by atoms with Crippen LogP contribution < -0.4 is 0 Å². The van der Waals surface area contributed by atoms with Crippen molar-refractivity contribution >= 4 is 42.4 Å². The number of hydrogen-bond donors (Lipinski definition) is 2. The molecule has 0 fully saturated rings. The van der Waals surface area contributed by atoms with E-state index in [1.165, 1.54) is 36.4 Å². The van der Waals surface area contributed by atoms with Crippen molar-refractivity contribution in [2.75, 3.05) is 0 Å². The van der Waals surface area contributed by atoms with Crippen LogP contribution in [-0.4, -0.2) is 25.9 Å². The first-order valence-electron chi connectivity index (χ1n) is 7.56. The highest BCUT2D eigenvalue weighted by molar-refractivity contribution is 7.86. The Hall–Kier alpha value is -2.66. The topological polar surface area (TPSA) is 133 Å². The monoisotopic (exact) mass is 406 g/mol. The maximum absolute atomic E-state index is 11.4. The third-order valence-electron chi connectivity index (χ3n) is 3.89. The molecule has 0 bridgehead atoms. The van der Waals surface area contributed by atoms with Crippen LogP contribution in [0.2, 0.25) is 0 Å². The molecular weight excluding hydrogens is 392 g/mol. The minimum atomic E-state index is -4.46. The number of benzene rings is 3. The van der Waals surface area contributed by atoms with Crippen LogP contribution in [-0.2, 0) is 20.2 Å². The van der Waals surface area contributed by atoms with Gasteiger partial charge in [-0.3, -0.25) is 9.11 Å². The summed E-state index contributed by atoms with van der Waals surface area (Å²) in [6, 6.07) is 13.0. The standard InChI is InChI=1S/C17H14N2O6S2/c1-11-6-9-15(13-8-7-12(10-14(11)13)26(20,21)22)18-19-16-4-2-3-5-17(16)27(23,24)25/h2-10H,1H3,(H,20,21,22)(H,23,24,25). The lowest BCUT2D eigenvalue weighted by Crippen LogP contribution is -1.98. The highest BCUT2D eigenvalue weighted by atomic mass is 32.2. The van der Waals surface area contributed by atoms with E-state index in [0.29, 0.717) is 16.5 Å². The third kappa shape index (κ3) is 4.03. The number of fused-ring (bicyclic) bond motifs is 1. The quantitative estimate of drug-likeness (QED) is 0.496. The maximum Gasteiger partial charge on any atom is 0.296 e. The molecule has 0 spiro atoms. The zero-order valence-corrected chi connectivity index (χ0v) is 15.6. The van der Waals surface area contributed by atoms with Crippen LogP contribution in [0.3, 0.4) is 0 Å². The average molecular weight is 406 g/mol. The number of nitrogens with zero attached hydrogens (tertiary/aromatic N) is 2. The third-order valence-corrected chi connectivity index (χ3v) is 5.64. The second-order valence-corrected chi connectivity index (χ2v) is 8.54. The largest absolute Gasteiger partial charge is 0.296 e. The van der Waals surface area contributed by atoms with E-state index in [1.807, 2.05) is 0 Å². The van der Waals surface area contributed by atoms with Crippen molar-refractivity contribution in [3.05, 3.63) is 60.2 Å². The first-order chi connectivity index (χ1) is 12.6. The lowest BCUT2D eigenvalue weighted by molar-refractivity contribution is 0.481. The van der Waals surface area contributed by atoms with Gasteiger partial charge in [-0.1, -0.05) is 24.3 Å². The Labute approximate surface area is 155 Å². The Kier molecular flexibility index (Phi) is 4.82. The molecule has 0 aliphatic heterocycles. The van der Waals surface area contributed by atoms with Crippen LogP contribution in [0.5, 0.6) is 0 Å². The van der Waals surface area contributed by atoms with Gasteiger partial charge in [0.2, 0.25) is 0 Å². The van der Waals surface area contributed by atoms with Gasteiger partial charge in [-0.2, -0.15) is 16.8 Å². The second-order valence-electron chi connectivity index (χ2n) is 5.73. The highest BCUT2D eigenvalue weighted by Gasteiger charge is 2.15. The van der Waals surface area contributed by atoms with E-state index >= 15 is 0 Å². The van der Waals surface area contributed by atoms with Gasteiger partial charge in [-0.05, 0) is 48.2 Å². The predicted molar refractivity (Wildman–Crippen MR) is 98.9 cm³/mol. The summed E-state index contributed by atoms with van der Waals surface area (Å²) in [5, 5.41) is 9.07. The van der Waals surface area contributed by atoms with Crippen LogP contribution in [0.25, 0.3) is 10.8 Å². The van der Waals surface area contributed by atoms with Crippen LogP contribution in [0, 0.1) is 6.92 Å². The van der Waals surface area contributed by atoms with Crippen molar-refractivity contribution in [2.45, 2.75) is 16.7 Å². The van der Waals surface area contributed by atoms with Gasteiger partial charge in [0.25, 0.3) is 20.2 Å². The van der Waals surface area contributed by atoms with Crippen molar-refractivity contribution in [1.82, 2.24) is 0 Å². The first-order valence-corrected chi connectivity index (χ1v) is 10.4. The average Bonchev–Trinajstić information content (AvgIpc) is 2.60. The summed E-state index contributed by atoms with van der Waals surface area (Å²) in [5.41, 5.74) is 1.08. The molecule has 0 aliphatic rings. The smallest absolute Gasteiger partial charge is 0.282 e. The number of azo groups is 1. The molecule has 0 saturated carbocycles. The Bertz CT molecular complexity index is 1280. The minimum Gasteiger partial charge on any atom is -0.282 e. The SMILES string of the molecule is Cc1ccc(N=Nc2ccccc2S(=O)(=O)O)c2ccc(S(=O)(=O)O)cc12. The Morgan fingerprint density at radius 1 is 0.741 bits per heavy atom. The Morgan fingerprint density at radius 2 is 1.41 bits per heavy atom. The fraction of sp³-hybridized carbons (Fsp3) is 0.0588. The molecule has 0 saturated heterocycles. The summed E-state index contributed by atoms with van der Waals surface area (Å²) in [4.78, 5) is -0.622. The molecule has 140 valence electrons. The fourth-order valence-corrected chi connectivity index (χ4v) is 3.70. The van der Waals surface area contributed by atoms with E-state index in [2.05, 4.69) is 10.2 Å². The molecule has 10 heteroatoms. The molecule has 0 atom stereocenters. The zero-order valence-electron chi connectivity index (χ0n) is 13.9. The lowest BCUT2D eigenvalue weighted by atomic mass is 10.0. The predicted octanol–water partition coefficient (Wildman–Crippen LogP) is 4.06. The van der Waals surface area contributed by atoms with Gasteiger partial charge in [0.05, 0.1) is 10.6 Å². The van der Waals surface area contributed by atoms with Crippen molar-refractivity contribution in [3.63, 3.8) is 0 Å². The normalized spacial score (nSPS) is 12.7. The molecule has 2 N–H and O–H groups in total. The summed E-state index contributed by atoms with van der Waals surface area (Å²) in [6.45, 7) is 1.77. The van der Waals surface area contributed by atoms with E-state index in [0.717, 1.165) is 5.56 Å². The molecule has 0 aliphatic carbocycles. The Morgan fingerprint density at radius 3 is 2.07 bits per heavy atom. The van der Waals surface area contributed by atoms with E-state index in [1.54, 1.807) is 25.1 Å². The molecule has 3 aromatic carbocycles. The first kappa shape index (κ1) is 19.1. The van der Waals surface area contributed by atoms with Crippen LogP contribution >= 0.6 is 0 Å². The molecule has 0 unspecified atom stereocenters. The number of hydrogen-bond acceptors (Lipinski definition) is 6. The highest BCUT2D eigenvalue weighted by Crippen LogP contribution is 2.32. The summed E-state index contributed by atoms with van der Waals surface area (Å²) in [6.07, 6.45) is 0. The molecule has 0 aromatic heterocycles. The van der Waals surface area contributed by atoms with E-state index in [9.17, 15) is 25.9 Å². The lowest BCUT2D eigenvalue weighted by Gasteiger charge is -2.07. The van der Waals surface area contributed by atoms with Crippen LogP contribution in [0.4, 0.5) is 11.4 Å². The van der Waals surface area contributed by atoms with Gasteiger partial charge in [0.15, 0.2) is 0 Å². The summed E-state index contributed by atoms with van der Waals surface area (Å²) >= 11 is 0. The minimum absolute atomic E-state index is 0.0386. The zero-order chi connectivity index (χ0) is 19.8. The van der Waals surface area contributed by atoms with Crippen molar-refractivity contribution in [1.29, 1.82) is 0 Å². The van der Waals surface area contributed by atoms with Gasteiger partial charge >= 0.3 is 0 Å². The van der Waals surface area contributed by atoms with Crippen molar-refractivity contribution in [3.8, 4) is 0 Å². The summed E-state index contributed by atoms with van der Waals surface area (Å²) in [7, 11) is -8.81. The van der Waals surface area contributed by atoms with Gasteiger partial charge in [-0.15, -0.1) is 10.2 Å². The summed E-state index contributed by atoms with van der Waals surface area (Å²) < 4.78 is 64.0. The van der Waals surface area contributed by atoms with Gasteiger partial charge in [-0.25, -0.2) is 0 Å². The number of aryl methyl sites for hydroxylation is 1. The molecule has 3 aromatic rings. The molecule has 3 rings (SSSR count). The van der Waals surface area contributed by atoms with Gasteiger partial charge < -0.3 is 0 Å². The molecule has 0 radical (unpaired) electrons. The van der Waals surface area contributed by atoms with E-state index in [-0.39, 0.29) is 15.5 Å². The fourth-order valence-electron chi connectivity index (χ4n) is 2.57. The van der Waals surface area contributed by atoms with Crippen LogP contribution in [0.15, 0.2) is 74.6 Å². The van der Waals surface area contributed by atoms with E-state index < -0.39 is 20.2 Å².